The van der Waals surface area contributed by atoms with Crippen LogP contribution in [-0.4, -0.2) is 21.4 Å². The van der Waals surface area contributed by atoms with Crippen LogP contribution in [0.15, 0.2) is 33.7 Å². The Kier molecular flexibility index (Phi) is 5.14. The van der Waals surface area contributed by atoms with Gasteiger partial charge in [-0.05, 0) is 37.6 Å². The Hall–Kier alpha value is -1.40. The first-order valence-corrected chi connectivity index (χ1v) is 7.47. The van der Waals surface area contributed by atoms with Gasteiger partial charge in [0, 0.05) is 4.90 Å². The van der Waals surface area contributed by atoms with Gasteiger partial charge in [-0.25, -0.2) is 4.39 Å². The number of rotatable bonds is 6. The van der Waals surface area contributed by atoms with Gasteiger partial charge in [0.2, 0.25) is 5.89 Å². The van der Waals surface area contributed by atoms with Crippen LogP contribution >= 0.6 is 11.8 Å². The predicted molar refractivity (Wildman–Crippen MR) is 75.0 cm³/mol. The number of aromatic nitrogens is 2. The number of thioether (sulfide) groups is 1. The quantitative estimate of drug-likeness (QED) is 0.828. The Labute approximate surface area is 121 Å². The van der Waals surface area contributed by atoms with Gasteiger partial charge in [0.25, 0.3) is 0 Å². The first kappa shape index (κ1) is 15.0. The molecule has 0 aliphatic heterocycles. The molecule has 0 bridgehead atoms. The maximum Gasteiger partial charge on any atom is 0.232 e. The van der Waals surface area contributed by atoms with Gasteiger partial charge in [-0.1, -0.05) is 12.1 Å². The fraction of sp³-hybridized carbons (Fsp3) is 0.429. The SMILES string of the molecule is CCC(c1nc(CSc2ccc(F)cc2)no1)C(C)O. The van der Waals surface area contributed by atoms with E-state index in [1.807, 2.05) is 6.92 Å². The molecule has 0 saturated heterocycles. The molecule has 4 nitrogen and oxygen atoms in total. The van der Waals surface area contributed by atoms with Crippen LogP contribution in [0.25, 0.3) is 0 Å². The molecule has 0 aliphatic carbocycles. The van der Waals surface area contributed by atoms with Crippen molar-refractivity contribution in [3.05, 3.63) is 41.8 Å². The zero-order valence-electron chi connectivity index (χ0n) is 11.4. The summed E-state index contributed by atoms with van der Waals surface area (Å²) in [5, 5.41) is 13.5. The molecule has 2 rings (SSSR count). The molecule has 1 aromatic carbocycles. The van der Waals surface area contributed by atoms with Crippen molar-refractivity contribution >= 4 is 11.8 Å². The zero-order chi connectivity index (χ0) is 14.5. The molecule has 0 spiro atoms. The lowest BCUT2D eigenvalue weighted by atomic mass is 10.0. The van der Waals surface area contributed by atoms with E-state index in [-0.39, 0.29) is 11.7 Å². The monoisotopic (exact) mass is 296 g/mol. The van der Waals surface area contributed by atoms with Crippen molar-refractivity contribution in [2.24, 2.45) is 0 Å². The van der Waals surface area contributed by atoms with Crippen molar-refractivity contribution in [3.63, 3.8) is 0 Å². The molecule has 0 amide bonds. The second kappa shape index (κ2) is 6.85. The molecule has 2 aromatic rings. The largest absolute Gasteiger partial charge is 0.393 e. The maximum atomic E-state index is 12.8. The van der Waals surface area contributed by atoms with Gasteiger partial charge in [0.1, 0.15) is 5.82 Å². The Morgan fingerprint density at radius 3 is 2.65 bits per heavy atom. The fourth-order valence-electron chi connectivity index (χ4n) is 1.88. The van der Waals surface area contributed by atoms with Gasteiger partial charge < -0.3 is 9.63 Å². The van der Waals surface area contributed by atoms with Gasteiger partial charge in [-0.3, -0.25) is 0 Å². The van der Waals surface area contributed by atoms with E-state index < -0.39 is 6.10 Å². The molecule has 6 heteroatoms. The zero-order valence-corrected chi connectivity index (χ0v) is 12.2. The standard InChI is InChI=1S/C14H17FN2O2S/c1-3-12(9(2)18)14-16-13(17-19-14)8-20-11-6-4-10(15)5-7-11/h4-7,9,12,18H,3,8H2,1-2H3. The summed E-state index contributed by atoms with van der Waals surface area (Å²) in [6, 6.07) is 6.27. The minimum absolute atomic E-state index is 0.132. The van der Waals surface area contributed by atoms with E-state index in [4.69, 9.17) is 4.52 Å². The third-order valence-corrected chi connectivity index (χ3v) is 4.01. The Bertz CT molecular complexity index is 542. The van der Waals surface area contributed by atoms with Crippen LogP contribution in [0.1, 0.15) is 37.9 Å². The second-order valence-corrected chi connectivity index (χ2v) is 5.60. The summed E-state index contributed by atoms with van der Waals surface area (Å²) < 4.78 is 18.0. The van der Waals surface area contributed by atoms with Crippen LogP contribution in [0.2, 0.25) is 0 Å². The molecule has 1 aromatic heterocycles. The molecule has 108 valence electrons. The van der Waals surface area contributed by atoms with Gasteiger partial charge in [-0.15, -0.1) is 11.8 Å². The number of hydrogen-bond donors (Lipinski definition) is 1. The molecule has 2 unspecified atom stereocenters. The molecule has 1 N–H and O–H groups in total. The molecule has 20 heavy (non-hydrogen) atoms. The van der Waals surface area contributed by atoms with Crippen LogP contribution in [0, 0.1) is 5.82 Å². The smallest absolute Gasteiger partial charge is 0.232 e. The van der Waals surface area contributed by atoms with Crippen molar-refractivity contribution in [2.45, 2.75) is 42.9 Å². The summed E-state index contributed by atoms with van der Waals surface area (Å²) in [6.07, 6.45) is 0.225. The van der Waals surface area contributed by atoms with Gasteiger partial charge in [0.05, 0.1) is 17.8 Å². The molecule has 0 aliphatic rings. The van der Waals surface area contributed by atoms with E-state index in [9.17, 15) is 9.50 Å². The van der Waals surface area contributed by atoms with Crippen LogP contribution < -0.4 is 0 Å². The number of aliphatic hydroxyl groups is 1. The van der Waals surface area contributed by atoms with Crippen molar-refractivity contribution in [1.29, 1.82) is 0 Å². The lowest BCUT2D eigenvalue weighted by Crippen LogP contribution is -2.14. The van der Waals surface area contributed by atoms with Crippen molar-refractivity contribution in [1.82, 2.24) is 10.1 Å². The summed E-state index contributed by atoms with van der Waals surface area (Å²) in [7, 11) is 0. The summed E-state index contributed by atoms with van der Waals surface area (Å²) in [5.41, 5.74) is 0. The average Bonchev–Trinajstić information content (AvgIpc) is 2.87. The summed E-state index contributed by atoms with van der Waals surface area (Å²) in [6.45, 7) is 3.68. The molecule has 0 radical (unpaired) electrons. The fourth-order valence-corrected chi connectivity index (χ4v) is 2.62. The highest BCUT2D eigenvalue weighted by Gasteiger charge is 2.21. The molecule has 0 fully saturated rings. The Morgan fingerprint density at radius 2 is 2.05 bits per heavy atom. The highest BCUT2D eigenvalue weighted by molar-refractivity contribution is 7.98. The number of nitrogens with zero attached hydrogens (tertiary/aromatic N) is 2. The normalized spacial score (nSPS) is 14.2. The first-order chi connectivity index (χ1) is 9.60. The van der Waals surface area contributed by atoms with Crippen LogP contribution in [0.5, 0.6) is 0 Å². The van der Waals surface area contributed by atoms with E-state index >= 15 is 0 Å². The molecule has 1 heterocycles. The van der Waals surface area contributed by atoms with E-state index in [0.29, 0.717) is 17.5 Å². The van der Waals surface area contributed by atoms with Gasteiger partial charge in [-0.2, -0.15) is 4.98 Å². The second-order valence-electron chi connectivity index (χ2n) is 4.55. The molecular weight excluding hydrogens is 279 g/mol. The maximum absolute atomic E-state index is 12.8. The molecule has 0 saturated carbocycles. The van der Waals surface area contributed by atoms with Crippen LogP contribution in [0.3, 0.4) is 0 Å². The third kappa shape index (κ3) is 3.80. The summed E-state index contributed by atoms with van der Waals surface area (Å²) in [4.78, 5) is 5.25. The summed E-state index contributed by atoms with van der Waals surface area (Å²) in [5.74, 6) is 1.21. The highest BCUT2D eigenvalue weighted by atomic mass is 32.2. The summed E-state index contributed by atoms with van der Waals surface area (Å²) >= 11 is 1.51. The van der Waals surface area contributed by atoms with E-state index in [1.54, 1.807) is 19.1 Å². The molecular formula is C14H17FN2O2S. The van der Waals surface area contributed by atoms with E-state index in [1.165, 1.54) is 23.9 Å². The Balaban J connectivity index is 1.97. The Morgan fingerprint density at radius 1 is 1.35 bits per heavy atom. The van der Waals surface area contributed by atoms with Crippen molar-refractivity contribution in [2.75, 3.05) is 0 Å². The topological polar surface area (TPSA) is 59.2 Å². The number of benzene rings is 1. The van der Waals surface area contributed by atoms with Crippen molar-refractivity contribution in [3.8, 4) is 0 Å². The molecule has 2 atom stereocenters. The third-order valence-electron chi connectivity index (χ3n) is 3.00. The number of halogens is 1. The lowest BCUT2D eigenvalue weighted by Gasteiger charge is -2.12. The van der Waals surface area contributed by atoms with Crippen LogP contribution in [0.4, 0.5) is 4.39 Å². The average molecular weight is 296 g/mol. The minimum Gasteiger partial charge on any atom is -0.393 e. The number of hydrogen-bond acceptors (Lipinski definition) is 5. The van der Waals surface area contributed by atoms with Crippen molar-refractivity contribution < 1.29 is 14.0 Å². The lowest BCUT2D eigenvalue weighted by molar-refractivity contribution is 0.141. The minimum atomic E-state index is -0.516. The predicted octanol–water partition coefficient (Wildman–Crippen LogP) is 3.38. The highest BCUT2D eigenvalue weighted by Crippen LogP contribution is 2.25. The van der Waals surface area contributed by atoms with E-state index in [2.05, 4.69) is 10.1 Å². The van der Waals surface area contributed by atoms with E-state index in [0.717, 1.165) is 11.3 Å². The van der Waals surface area contributed by atoms with Crippen LogP contribution in [-0.2, 0) is 5.75 Å². The van der Waals surface area contributed by atoms with Gasteiger partial charge in [0.15, 0.2) is 5.82 Å². The van der Waals surface area contributed by atoms with Gasteiger partial charge >= 0.3 is 0 Å². The first-order valence-electron chi connectivity index (χ1n) is 6.49. The number of aliphatic hydroxyl groups excluding tert-OH is 1.